The van der Waals surface area contributed by atoms with Gasteiger partial charge >= 0.3 is 0 Å². The normalized spacial score (nSPS) is 17.8. The van der Waals surface area contributed by atoms with Crippen LogP contribution in [-0.2, 0) is 6.54 Å². The molecule has 3 aromatic rings. The van der Waals surface area contributed by atoms with Crippen molar-refractivity contribution in [1.82, 2.24) is 14.9 Å². The Bertz CT molecular complexity index is 952. The standard InChI is InChI=1S/C19H18ClN3O/c1-12(13-5-3-2-4-6-13)21-16-9-10-23-18(16)22-17-11-14(20)7-8-15(17)19(23)24/h2-8,11-12,16,21H,9-10H2,1H3. The van der Waals surface area contributed by atoms with Crippen LogP contribution in [0.25, 0.3) is 10.9 Å². The Hall–Kier alpha value is -2.17. The summed E-state index contributed by atoms with van der Waals surface area (Å²) in [7, 11) is 0. The molecule has 2 unspecified atom stereocenters. The molecule has 5 heteroatoms. The van der Waals surface area contributed by atoms with Gasteiger partial charge in [-0.25, -0.2) is 4.98 Å². The highest BCUT2D eigenvalue weighted by atomic mass is 35.5. The third-order valence-corrected chi connectivity index (χ3v) is 4.89. The van der Waals surface area contributed by atoms with Crippen LogP contribution in [0.4, 0.5) is 0 Å². The lowest BCUT2D eigenvalue weighted by molar-refractivity contribution is 0.459. The van der Waals surface area contributed by atoms with E-state index in [0.29, 0.717) is 22.5 Å². The van der Waals surface area contributed by atoms with Gasteiger partial charge in [0.25, 0.3) is 5.56 Å². The van der Waals surface area contributed by atoms with Gasteiger partial charge in [0.15, 0.2) is 0 Å². The summed E-state index contributed by atoms with van der Waals surface area (Å²) in [6, 6.07) is 15.8. The summed E-state index contributed by atoms with van der Waals surface area (Å²) in [4.78, 5) is 17.4. The Kier molecular flexibility index (Phi) is 3.87. The van der Waals surface area contributed by atoms with Crippen molar-refractivity contribution in [3.05, 3.63) is 75.3 Å². The van der Waals surface area contributed by atoms with Crippen LogP contribution in [0.5, 0.6) is 0 Å². The van der Waals surface area contributed by atoms with Crippen molar-refractivity contribution in [1.29, 1.82) is 0 Å². The van der Waals surface area contributed by atoms with Crippen LogP contribution in [0.3, 0.4) is 0 Å². The van der Waals surface area contributed by atoms with Gasteiger partial charge in [-0.15, -0.1) is 0 Å². The van der Waals surface area contributed by atoms with Gasteiger partial charge in [-0.3, -0.25) is 9.36 Å². The zero-order chi connectivity index (χ0) is 16.7. The van der Waals surface area contributed by atoms with E-state index >= 15 is 0 Å². The zero-order valence-corrected chi connectivity index (χ0v) is 14.1. The number of fused-ring (bicyclic) bond motifs is 2. The number of hydrogen-bond acceptors (Lipinski definition) is 3. The largest absolute Gasteiger partial charge is 0.301 e. The van der Waals surface area contributed by atoms with Crippen LogP contribution < -0.4 is 10.9 Å². The molecule has 0 saturated heterocycles. The molecule has 0 amide bonds. The summed E-state index contributed by atoms with van der Waals surface area (Å²) in [6.07, 6.45) is 0.865. The highest BCUT2D eigenvalue weighted by Crippen LogP contribution is 2.27. The minimum absolute atomic E-state index is 0.0170. The predicted octanol–water partition coefficient (Wildman–Crippen LogP) is 3.85. The number of benzene rings is 2. The second kappa shape index (κ2) is 6.04. The zero-order valence-electron chi connectivity index (χ0n) is 13.4. The van der Waals surface area contributed by atoms with E-state index in [0.717, 1.165) is 12.2 Å². The van der Waals surface area contributed by atoms with E-state index in [-0.39, 0.29) is 17.6 Å². The maximum Gasteiger partial charge on any atom is 0.261 e. The molecule has 2 atom stereocenters. The van der Waals surface area contributed by atoms with E-state index in [1.807, 2.05) is 18.2 Å². The summed E-state index contributed by atoms with van der Waals surface area (Å²) in [6.45, 7) is 2.83. The van der Waals surface area contributed by atoms with Gasteiger partial charge in [-0.05, 0) is 37.1 Å². The third kappa shape index (κ3) is 2.62. The van der Waals surface area contributed by atoms with Crippen LogP contribution in [0.1, 0.15) is 36.8 Å². The Morgan fingerprint density at radius 2 is 2.04 bits per heavy atom. The molecule has 1 N–H and O–H groups in total. The van der Waals surface area contributed by atoms with E-state index in [4.69, 9.17) is 16.6 Å². The molecule has 1 aliphatic heterocycles. The molecule has 0 spiro atoms. The van der Waals surface area contributed by atoms with Crippen molar-refractivity contribution in [3.8, 4) is 0 Å². The summed E-state index contributed by atoms with van der Waals surface area (Å²) in [5.41, 5.74) is 1.91. The Labute approximate surface area is 145 Å². The van der Waals surface area contributed by atoms with E-state index in [9.17, 15) is 4.79 Å². The van der Waals surface area contributed by atoms with Crippen LogP contribution in [-0.4, -0.2) is 9.55 Å². The molecular formula is C19H18ClN3O. The SMILES string of the molecule is CC(NC1CCn2c1nc1cc(Cl)ccc1c2=O)c1ccccc1. The monoisotopic (exact) mass is 339 g/mol. The third-order valence-electron chi connectivity index (χ3n) is 4.65. The number of nitrogens with one attached hydrogen (secondary N) is 1. The molecule has 0 radical (unpaired) electrons. The lowest BCUT2D eigenvalue weighted by atomic mass is 10.1. The molecule has 0 aliphatic carbocycles. The molecule has 1 aliphatic rings. The molecule has 2 aromatic carbocycles. The highest BCUT2D eigenvalue weighted by Gasteiger charge is 2.27. The first-order chi connectivity index (χ1) is 11.6. The Balaban J connectivity index is 1.71. The summed E-state index contributed by atoms with van der Waals surface area (Å²) in [5.74, 6) is 0.803. The van der Waals surface area contributed by atoms with Gasteiger partial charge < -0.3 is 5.32 Å². The van der Waals surface area contributed by atoms with Gasteiger partial charge in [0.05, 0.1) is 16.9 Å². The van der Waals surface area contributed by atoms with Crippen LogP contribution >= 0.6 is 11.6 Å². The fourth-order valence-electron chi connectivity index (χ4n) is 3.38. The summed E-state index contributed by atoms with van der Waals surface area (Å²) in [5, 5.41) is 4.82. The van der Waals surface area contributed by atoms with Crippen LogP contribution in [0.15, 0.2) is 53.3 Å². The van der Waals surface area contributed by atoms with Crippen molar-refractivity contribution in [3.63, 3.8) is 0 Å². The predicted molar refractivity (Wildman–Crippen MR) is 96.4 cm³/mol. The van der Waals surface area contributed by atoms with Gasteiger partial charge in [0, 0.05) is 17.6 Å². The van der Waals surface area contributed by atoms with Crippen molar-refractivity contribution < 1.29 is 0 Å². The quantitative estimate of drug-likeness (QED) is 0.788. The topological polar surface area (TPSA) is 46.9 Å². The van der Waals surface area contributed by atoms with E-state index < -0.39 is 0 Å². The maximum absolute atomic E-state index is 12.7. The number of halogens is 1. The van der Waals surface area contributed by atoms with E-state index in [1.165, 1.54) is 5.56 Å². The Morgan fingerprint density at radius 3 is 2.83 bits per heavy atom. The van der Waals surface area contributed by atoms with Crippen LogP contribution in [0, 0.1) is 0 Å². The number of hydrogen-bond donors (Lipinski definition) is 1. The fourth-order valence-corrected chi connectivity index (χ4v) is 3.54. The number of aromatic nitrogens is 2. The second-order valence-corrected chi connectivity index (χ2v) is 6.66. The van der Waals surface area contributed by atoms with Crippen LogP contribution in [0.2, 0.25) is 5.02 Å². The molecule has 0 fully saturated rings. The molecule has 4 nitrogen and oxygen atoms in total. The lowest BCUT2D eigenvalue weighted by Gasteiger charge is -2.19. The molecule has 0 bridgehead atoms. The molecule has 24 heavy (non-hydrogen) atoms. The summed E-state index contributed by atoms with van der Waals surface area (Å²) >= 11 is 6.06. The minimum atomic E-state index is 0.0170. The first-order valence-corrected chi connectivity index (χ1v) is 8.52. The van der Waals surface area contributed by atoms with Crippen molar-refractivity contribution in [2.45, 2.75) is 32.0 Å². The molecular weight excluding hydrogens is 322 g/mol. The van der Waals surface area contributed by atoms with Crippen molar-refractivity contribution >= 4 is 22.5 Å². The fraction of sp³-hybridized carbons (Fsp3) is 0.263. The highest BCUT2D eigenvalue weighted by molar-refractivity contribution is 6.31. The average Bonchev–Trinajstić information content (AvgIpc) is 2.98. The molecule has 2 heterocycles. The average molecular weight is 340 g/mol. The van der Waals surface area contributed by atoms with Gasteiger partial charge in [0.2, 0.25) is 0 Å². The molecule has 122 valence electrons. The second-order valence-electron chi connectivity index (χ2n) is 6.23. The number of rotatable bonds is 3. The van der Waals surface area contributed by atoms with Gasteiger partial charge in [-0.2, -0.15) is 0 Å². The number of nitrogens with zero attached hydrogens (tertiary/aromatic N) is 2. The van der Waals surface area contributed by atoms with Gasteiger partial charge in [0.1, 0.15) is 5.82 Å². The van der Waals surface area contributed by atoms with E-state index in [1.54, 1.807) is 22.8 Å². The van der Waals surface area contributed by atoms with Crippen molar-refractivity contribution in [2.75, 3.05) is 0 Å². The minimum Gasteiger partial charge on any atom is -0.301 e. The van der Waals surface area contributed by atoms with Gasteiger partial charge in [-0.1, -0.05) is 41.9 Å². The molecule has 4 rings (SSSR count). The van der Waals surface area contributed by atoms with Crippen molar-refractivity contribution in [2.24, 2.45) is 0 Å². The van der Waals surface area contributed by atoms with E-state index in [2.05, 4.69) is 24.4 Å². The molecule has 1 aromatic heterocycles. The molecule has 0 saturated carbocycles. The maximum atomic E-state index is 12.7. The Morgan fingerprint density at radius 1 is 1.25 bits per heavy atom. The first-order valence-electron chi connectivity index (χ1n) is 8.14. The summed E-state index contributed by atoms with van der Waals surface area (Å²) < 4.78 is 1.78. The lowest BCUT2D eigenvalue weighted by Crippen LogP contribution is -2.26. The smallest absolute Gasteiger partial charge is 0.261 e. The first kappa shape index (κ1) is 15.4.